The Hall–Kier alpha value is -1.01. The number of hydrogen-bond donors (Lipinski definition) is 3. The molecule has 2 rings (SSSR count). The van der Waals surface area contributed by atoms with Crippen LogP contribution >= 0.6 is 0 Å². The minimum absolute atomic E-state index is 0. The second-order valence-corrected chi connectivity index (χ2v) is 8.76. The minimum atomic E-state index is -5.06. The molecule has 0 saturated heterocycles. The summed E-state index contributed by atoms with van der Waals surface area (Å²) in [5, 5.41) is 10.0. The van der Waals surface area contributed by atoms with E-state index in [4.69, 9.17) is 0 Å². The average molecular weight is 389 g/mol. The molecule has 0 heterocycles. The van der Waals surface area contributed by atoms with E-state index in [2.05, 4.69) is 0 Å². The van der Waals surface area contributed by atoms with Crippen LogP contribution in [0.3, 0.4) is 0 Å². The third-order valence-corrected chi connectivity index (χ3v) is 5.83. The van der Waals surface area contributed by atoms with Crippen LogP contribution in [-0.4, -0.2) is 50.4 Å². The first-order valence-electron chi connectivity index (χ1n) is 6.99. The van der Waals surface area contributed by atoms with Gasteiger partial charge in [0.15, 0.2) is 0 Å². The number of rotatable bonds is 3. The van der Waals surface area contributed by atoms with Gasteiger partial charge >= 0.3 is 126 Å². The van der Waals surface area contributed by atoms with Crippen LogP contribution in [0.4, 0.5) is 5.69 Å². The first kappa shape index (κ1) is 19.0. The van der Waals surface area contributed by atoms with Crippen molar-refractivity contribution >= 4 is 41.1 Å². The summed E-state index contributed by atoms with van der Waals surface area (Å²) < 4.78 is 29.9. The van der Waals surface area contributed by atoms with Crippen LogP contribution in [0.5, 0.6) is 5.75 Å². The van der Waals surface area contributed by atoms with E-state index in [1.807, 2.05) is 0 Å². The largest absolute Gasteiger partial charge is 0.0149 e. The number of carbonyl (C=O) groups is 1. The van der Waals surface area contributed by atoms with Crippen LogP contribution < -0.4 is 9.25 Å². The molecule has 1 amide bonds. The van der Waals surface area contributed by atoms with Gasteiger partial charge in [-0.2, -0.15) is 0 Å². The van der Waals surface area contributed by atoms with E-state index in [0.29, 0.717) is 0 Å². The number of amides is 1. The van der Waals surface area contributed by atoms with Crippen molar-refractivity contribution in [2.75, 3.05) is 4.90 Å². The van der Waals surface area contributed by atoms with Crippen molar-refractivity contribution in [1.82, 2.24) is 0 Å². The summed E-state index contributed by atoms with van der Waals surface area (Å²) >= 11 is -5.06. The molecule has 6 nitrogen and oxygen atoms in total. The maximum absolute atomic E-state index is 12.0. The van der Waals surface area contributed by atoms with Crippen LogP contribution in [0, 0.1) is 0 Å². The summed E-state index contributed by atoms with van der Waals surface area (Å²) in [5.41, 5.74) is 0.191. The van der Waals surface area contributed by atoms with Crippen molar-refractivity contribution < 1.29 is 21.8 Å². The molecule has 22 heavy (non-hydrogen) atoms. The van der Waals surface area contributed by atoms with E-state index in [0.717, 1.165) is 32.1 Å². The van der Waals surface area contributed by atoms with Crippen LogP contribution in [0.1, 0.15) is 39.0 Å². The Morgan fingerprint density at radius 3 is 2.32 bits per heavy atom. The van der Waals surface area contributed by atoms with Gasteiger partial charge in [0.05, 0.1) is 0 Å². The molecule has 124 valence electrons. The smallest absolute Gasteiger partial charge is 0.0149 e. The van der Waals surface area contributed by atoms with Gasteiger partial charge in [-0.3, -0.25) is 0 Å². The number of nitrogens with zero attached hydrogens (tertiary/aromatic N) is 1. The number of phenolic OH excluding ortho intramolecular Hbond substituents is 1. The average Bonchev–Trinajstić information content (AvgIpc) is 2.40. The second-order valence-electron chi connectivity index (χ2n) is 5.40. The summed E-state index contributed by atoms with van der Waals surface area (Å²) in [6.45, 7) is 1.41. The quantitative estimate of drug-likeness (QED) is 0.588. The van der Waals surface area contributed by atoms with Crippen molar-refractivity contribution in [3.8, 4) is 5.75 Å². The second kappa shape index (κ2) is 7.50. The molecule has 1 aromatic carbocycles. The molecule has 0 unspecified atom stereocenters. The van der Waals surface area contributed by atoms with E-state index in [9.17, 15) is 21.8 Å². The van der Waals surface area contributed by atoms with Crippen LogP contribution in [0.15, 0.2) is 18.2 Å². The summed E-state index contributed by atoms with van der Waals surface area (Å²) in [6, 6.07) is 3.66. The molecule has 1 aliphatic carbocycles. The van der Waals surface area contributed by atoms with E-state index in [-0.39, 0.29) is 38.7 Å². The fraction of sp³-hybridized carbons (Fsp3) is 0.500. The fourth-order valence-electron chi connectivity index (χ4n) is 2.85. The molecule has 1 saturated carbocycles. The van der Waals surface area contributed by atoms with Crippen molar-refractivity contribution in [3.05, 3.63) is 18.2 Å². The Kier molecular flexibility index (Phi) is 6.49. The third kappa shape index (κ3) is 4.26. The molecule has 1 aliphatic rings. The Morgan fingerprint density at radius 2 is 1.82 bits per heavy atom. The third-order valence-electron chi connectivity index (χ3n) is 3.83. The molecule has 0 aromatic heterocycles. The maximum Gasteiger partial charge on any atom is -0.0149 e. The SMILES string of the molecule is CC(=O)N(c1cc([As](=O)(O)O)ccc1O)C1CCCCC1.[SiH4]. The molecule has 1 aromatic rings. The predicted molar refractivity (Wildman–Crippen MR) is 90.0 cm³/mol. The molecule has 0 aliphatic heterocycles. The molecular weight excluding hydrogens is 365 g/mol. The standard InChI is InChI=1S/C14H20AsNO5.H4Si/c1-10(17)16(12-5-3-2-4-6-12)13-9-11(15(19,20)21)7-8-14(13)18;/h7-9,12,18H,2-6H2,1H3,(H2,19,20,21);1H4. The van der Waals surface area contributed by atoms with Gasteiger partial charge in [-0.25, -0.2) is 0 Å². The summed E-state index contributed by atoms with van der Waals surface area (Å²) in [4.78, 5) is 13.5. The van der Waals surface area contributed by atoms with Gasteiger partial charge in [-0.1, -0.05) is 0 Å². The Bertz CT molecular complexity index is 583. The normalized spacial score (nSPS) is 16.0. The molecule has 1 fully saturated rings. The number of anilines is 1. The predicted octanol–water partition coefficient (Wildman–Crippen LogP) is -0.813. The van der Waals surface area contributed by atoms with Crippen molar-refractivity contribution in [2.24, 2.45) is 0 Å². The van der Waals surface area contributed by atoms with Gasteiger partial charge < -0.3 is 0 Å². The maximum atomic E-state index is 12.0. The van der Waals surface area contributed by atoms with Gasteiger partial charge in [0, 0.05) is 0 Å². The molecule has 0 bridgehead atoms. The molecule has 0 atom stereocenters. The summed E-state index contributed by atoms with van der Waals surface area (Å²) in [6.07, 6.45) is 4.82. The van der Waals surface area contributed by atoms with Crippen molar-refractivity contribution in [2.45, 2.75) is 45.1 Å². The zero-order valence-corrected chi connectivity index (χ0v) is 13.8. The zero-order chi connectivity index (χ0) is 15.6. The number of hydrogen-bond acceptors (Lipinski definition) is 3. The number of benzene rings is 1. The van der Waals surface area contributed by atoms with E-state index >= 15 is 0 Å². The van der Waals surface area contributed by atoms with Crippen molar-refractivity contribution in [3.63, 3.8) is 0 Å². The summed E-state index contributed by atoms with van der Waals surface area (Å²) in [7, 11) is 0. The Labute approximate surface area is 137 Å². The van der Waals surface area contributed by atoms with Gasteiger partial charge in [0.2, 0.25) is 0 Å². The molecule has 0 spiro atoms. The topological polar surface area (TPSA) is 98.1 Å². The van der Waals surface area contributed by atoms with Crippen LogP contribution in [0.2, 0.25) is 0 Å². The zero-order valence-electron chi connectivity index (χ0n) is 11.9. The Balaban J connectivity index is 0.00000242. The molecular formula is C14H24AsNO5Si. The first-order valence-corrected chi connectivity index (χ1v) is 10.4. The van der Waals surface area contributed by atoms with E-state index in [1.165, 1.54) is 30.0 Å². The van der Waals surface area contributed by atoms with Gasteiger partial charge in [0.25, 0.3) is 0 Å². The van der Waals surface area contributed by atoms with Gasteiger partial charge in [-0.15, -0.1) is 0 Å². The first-order chi connectivity index (χ1) is 9.80. The molecule has 8 heteroatoms. The monoisotopic (exact) mass is 389 g/mol. The Morgan fingerprint density at radius 1 is 1.23 bits per heavy atom. The number of phenols is 1. The number of aromatic hydroxyl groups is 1. The number of carbonyl (C=O) groups excluding carboxylic acids is 1. The molecule has 3 N–H and O–H groups in total. The van der Waals surface area contributed by atoms with Crippen molar-refractivity contribution in [1.29, 1.82) is 0 Å². The van der Waals surface area contributed by atoms with E-state index in [1.54, 1.807) is 0 Å². The minimum Gasteiger partial charge on any atom is -0.0149 e. The van der Waals surface area contributed by atoms with E-state index < -0.39 is 14.2 Å². The summed E-state index contributed by atoms with van der Waals surface area (Å²) in [5.74, 6) is -0.365. The van der Waals surface area contributed by atoms with Gasteiger partial charge in [-0.05, 0) is 11.0 Å². The van der Waals surface area contributed by atoms with Crippen LogP contribution in [-0.2, 0) is 8.53 Å². The molecule has 0 radical (unpaired) electrons. The van der Waals surface area contributed by atoms with Gasteiger partial charge in [0.1, 0.15) is 0 Å². The fourth-order valence-corrected chi connectivity index (χ4v) is 4.02. The van der Waals surface area contributed by atoms with Crippen LogP contribution in [0.25, 0.3) is 0 Å².